The van der Waals surface area contributed by atoms with E-state index in [1.165, 1.54) is 11.1 Å². The van der Waals surface area contributed by atoms with Crippen LogP contribution in [0.5, 0.6) is 0 Å². The van der Waals surface area contributed by atoms with Crippen LogP contribution in [0.2, 0.25) is 0 Å². The van der Waals surface area contributed by atoms with Gasteiger partial charge in [-0.2, -0.15) is 0 Å². The van der Waals surface area contributed by atoms with Crippen molar-refractivity contribution in [3.63, 3.8) is 0 Å². The minimum atomic E-state index is 0.112. The lowest BCUT2D eigenvalue weighted by Crippen LogP contribution is -2.25. The van der Waals surface area contributed by atoms with Crippen molar-refractivity contribution in [3.05, 3.63) is 29.3 Å². The monoisotopic (exact) mass is 218 g/mol. The van der Waals surface area contributed by atoms with E-state index in [2.05, 4.69) is 16.7 Å². The van der Waals surface area contributed by atoms with Gasteiger partial charge < -0.3 is 10.6 Å². The molecule has 3 heteroatoms. The molecule has 1 amide bonds. The van der Waals surface area contributed by atoms with Crippen molar-refractivity contribution in [1.82, 2.24) is 5.32 Å². The number of fused-ring (bicyclic) bond motifs is 1. The maximum absolute atomic E-state index is 11.6. The molecular formula is C13H18N2O. The zero-order chi connectivity index (χ0) is 11.4. The van der Waals surface area contributed by atoms with Crippen LogP contribution >= 0.6 is 0 Å². The Morgan fingerprint density at radius 3 is 3.19 bits per heavy atom. The lowest BCUT2D eigenvalue weighted by Gasteiger charge is -2.20. The molecule has 0 atom stereocenters. The zero-order valence-corrected chi connectivity index (χ0v) is 9.68. The molecule has 0 aromatic heterocycles. The van der Waals surface area contributed by atoms with Gasteiger partial charge in [-0.25, -0.2) is 0 Å². The molecular weight excluding hydrogens is 200 g/mol. The number of amides is 1. The Kier molecular flexibility index (Phi) is 3.57. The van der Waals surface area contributed by atoms with Gasteiger partial charge in [0, 0.05) is 18.7 Å². The van der Waals surface area contributed by atoms with Gasteiger partial charge in [0.1, 0.15) is 0 Å². The third-order valence-corrected chi connectivity index (χ3v) is 2.90. The van der Waals surface area contributed by atoms with E-state index in [9.17, 15) is 4.79 Å². The Bertz CT molecular complexity index is 388. The van der Waals surface area contributed by atoms with Crippen molar-refractivity contribution in [2.24, 2.45) is 0 Å². The highest BCUT2D eigenvalue weighted by Gasteiger charge is 2.13. The summed E-state index contributed by atoms with van der Waals surface area (Å²) in [5.74, 6) is 0.112. The van der Waals surface area contributed by atoms with Crippen LogP contribution in [0.4, 0.5) is 5.69 Å². The first-order valence-electron chi connectivity index (χ1n) is 5.92. The predicted molar refractivity (Wildman–Crippen MR) is 65.4 cm³/mol. The van der Waals surface area contributed by atoms with Crippen LogP contribution in [-0.4, -0.2) is 12.5 Å². The third kappa shape index (κ3) is 2.42. The molecule has 16 heavy (non-hydrogen) atoms. The summed E-state index contributed by atoms with van der Waals surface area (Å²) in [6, 6.07) is 6.15. The van der Waals surface area contributed by atoms with E-state index in [-0.39, 0.29) is 5.91 Å². The van der Waals surface area contributed by atoms with Crippen LogP contribution in [0.1, 0.15) is 30.9 Å². The molecule has 1 heterocycles. The predicted octanol–water partition coefficient (Wildman–Crippen LogP) is 2.07. The highest BCUT2D eigenvalue weighted by Crippen LogP contribution is 2.23. The molecule has 86 valence electrons. The fourth-order valence-corrected chi connectivity index (χ4v) is 2.07. The van der Waals surface area contributed by atoms with Gasteiger partial charge in [0.15, 0.2) is 0 Å². The van der Waals surface area contributed by atoms with Gasteiger partial charge in [-0.15, -0.1) is 0 Å². The molecule has 0 radical (unpaired) electrons. The Labute approximate surface area is 96.2 Å². The molecule has 0 saturated carbocycles. The zero-order valence-electron chi connectivity index (χ0n) is 9.68. The summed E-state index contributed by atoms with van der Waals surface area (Å²) in [4.78, 5) is 11.6. The number of carbonyl (C=O) groups is 1. The van der Waals surface area contributed by atoms with Crippen LogP contribution in [0, 0.1) is 0 Å². The molecule has 0 bridgehead atoms. The highest BCUT2D eigenvalue weighted by atomic mass is 16.1. The second-order valence-electron chi connectivity index (χ2n) is 4.17. The Morgan fingerprint density at radius 1 is 1.50 bits per heavy atom. The molecule has 0 fully saturated rings. The number of benzene rings is 1. The molecule has 1 aromatic rings. The maximum Gasteiger partial charge on any atom is 0.224 e. The van der Waals surface area contributed by atoms with Crippen LogP contribution in [0.25, 0.3) is 0 Å². The second kappa shape index (κ2) is 5.12. The summed E-state index contributed by atoms with van der Waals surface area (Å²) < 4.78 is 0. The largest absolute Gasteiger partial charge is 0.326 e. The fraction of sp³-hybridized carbons (Fsp3) is 0.462. The molecule has 1 aliphatic heterocycles. The van der Waals surface area contributed by atoms with Crippen molar-refractivity contribution in [1.29, 1.82) is 0 Å². The smallest absolute Gasteiger partial charge is 0.224 e. The summed E-state index contributed by atoms with van der Waals surface area (Å²) in [5.41, 5.74) is 3.58. The molecule has 0 spiro atoms. The van der Waals surface area contributed by atoms with Crippen LogP contribution in [-0.2, 0) is 17.8 Å². The topological polar surface area (TPSA) is 41.1 Å². The molecule has 3 nitrogen and oxygen atoms in total. The number of carbonyl (C=O) groups excluding carboxylic acids is 1. The van der Waals surface area contributed by atoms with Gasteiger partial charge in [0.25, 0.3) is 0 Å². The van der Waals surface area contributed by atoms with E-state index in [1.54, 1.807) is 0 Å². The van der Waals surface area contributed by atoms with Crippen LogP contribution in [0.15, 0.2) is 18.2 Å². The third-order valence-electron chi connectivity index (χ3n) is 2.90. The first-order chi connectivity index (χ1) is 7.81. The van der Waals surface area contributed by atoms with E-state index < -0.39 is 0 Å². The van der Waals surface area contributed by atoms with Crippen molar-refractivity contribution in [3.8, 4) is 0 Å². The van der Waals surface area contributed by atoms with Crippen LogP contribution < -0.4 is 10.6 Å². The molecule has 1 aromatic carbocycles. The van der Waals surface area contributed by atoms with Gasteiger partial charge in [-0.3, -0.25) is 4.79 Å². The number of hydrogen-bond donors (Lipinski definition) is 2. The molecule has 0 unspecified atom stereocenters. The highest BCUT2D eigenvalue weighted by molar-refractivity contribution is 5.91. The SMILES string of the molecule is CCCC(=O)Nc1cccc2c1CNCC2. The molecule has 0 saturated heterocycles. The van der Waals surface area contributed by atoms with Gasteiger partial charge in [-0.1, -0.05) is 19.1 Å². The first-order valence-corrected chi connectivity index (χ1v) is 5.92. The Balaban J connectivity index is 2.17. The Hall–Kier alpha value is -1.35. The van der Waals surface area contributed by atoms with Gasteiger partial charge in [0.2, 0.25) is 5.91 Å². The first kappa shape index (κ1) is 11.1. The number of nitrogens with one attached hydrogen (secondary N) is 2. The summed E-state index contributed by atoms with van der Waals surface area (Å²) >= 11 is 0. The van der Waals surface area contributed by atoms with E-state index in [4.69, 9.17) is 0 Å². The van der Waals surface area contributed by atoms with Crippen molar-refractivity contribution in [2.75, 3.05) is 11.9 Å². The summed E-state index contributed by atoms with van der Waals surface area (Å²) in [5, 5.41) is 6.33. The number of anilines is 1. The molecule has 2 rings (SSSR count). The number of rotatable bonds is 3. The summed E-state index contributed by atoms with van der Waals surface area (Å²) in [6.07, 6.45) is 2.53. The molecule has 0 aliphatic carbocycles. The molecule has 2 N–H and O–H groups in total. The van der Waals surface area contributed by atoms with E-state index in [0.29, 0.717) is 6.42 Å². The number of hydrogen-bond acceptors (Lipinski definition) is 2. The minimum absolute atomic E-state index is 0.112. The standard InChI is InChI=1S/C13H18N2O/c1-2-4-13(16)15-12-6-3-5-10-7-8-14-9-11(10)12/h3,5-6,14H,2,4,7-9H2,1H3,(H,15,16). The van der Waals surface area contributed by atoms with Crippen molar-refractivity contribution < 1.29 is 4.79 Å². The lowest BCUT2D eigenvalue weighted by atomic mass is 9.99. The summed E-state index contributed by atoms with van der Waals surface area (Å²) in [6.45, 7) is 3.90. The normalized spacial score (nSPS) is 14.3. The van der Waals surface area contributed by atoms with Crippen molar-refractivity contribution in [2.45, 2.75) is 32.7 Å². The quantitative estimate of drug-likeness (QED) is 0.815. The maximum atomic E-state index is 11.6. The summed E-state index contributed by atoms with van der Waals surface area (Å²) in [7, 11) is 0. The minimum Gasteiger partial charge on any atom is -0.326 e. The van der Waals surface area contributed by atoms with E-state index in [0.717, 1.165) is 31.6 Å². The Morgan fingerprint density at radius 2 is 2.38 bits per heavy atom. The average Bonchev–Trinajstić information content (AvgIpc) is 2.30. The molecule has 1 aliphatic rings. The van der Waals surface area contributed by atoms with Gasteiger partial charge in [0.05, 0.1) is 0 Å². The van der Waals surface area contributed by atoms with Gasteiger partial charge in [-0.05, 0) is 36.6 Å². The average molecular weight is 218 g/mol. The van der Waals surface area contributed by atoms with Crippen LogP contribution in [0.3, 0.4) is 0 Å². The van der Waals surface area contributed by atoms with Gasteiger partial charge >= 0.3 is 0 Å². The van der Waals surface area contributed by atoms with E-state index in [1.807, 2.05) is 19.1 Å². The van der Waals surface area contributed by atoms with Crippen molar-refractivity contribution >= 4 is 11.6 Å². The lowest BCUT2D eigenvalue weighted by molar-refractivity contribution is -0.116. The van der Waals surface area contributed by atoms with E-state index >= 15 is 0 Å². The fourth-order valence-electron chi connectivity index (χ4n) is 2.07. The second-order valence-corrected chi connectivity index (χ2v) is 4.17.